The van der Waals surface area contributed by atoms with Crippen molar-refractivity contribution in [2.75, 3.05) is 17.8 Å². The summed E-state index contributed by atoms with van der Waals surface area (Å²) in [5.41, 5.74) is 1.28. The maximum atomic E-state index is 12.8. The number of nitrogens with one attached hydrogen (secondary N) is 1. The number of nitrogens with zero attached hydrogens (tertiary/aromatic N) is 2. The van der Waals surface area contributed by atoms with Crippen molar-refractivity contribution in [1.82, 2.24) is 9.47 Å². The Hall–Kier alpha value is -1.99. The topological polar surface area (TPSA) is 71.4 Å². The van der Waals surface area contributed by atoms with Crippen LogP contribution >= 0.6 is 11.6 Å². The van der Waals surface area contributed by atoms with Gasteiger partial charge >= 0.3 is 0 Å². The molecule has 1 saturated heterocycles. The van der Waals surface area contributed by atoms with Crippen molar-refractivity contribution in [3.8, 4) is 0 Å². The average molecular weight is 396 g/mol. The lowest BCUT2D eigenvalue weighted by Crippen LogP contribution is -2.36. The monoisotopic (exact) mass is 395 g/mol. The maximum absolute atomic E-state index is 12.8. The van der Waals surface area contributed by atoms with Crippen LogP contribution in [0, 0.1) is 6.92 Å². The van der Waals surface area contributed by atoms with Gasteiger partial charge in [0, 0.05) is 30.9 Å². The SMILES string of the molecule is Cc1c(S(=O)(=O)Nc2cccc(Cl)c2)cc(C(=O)N2CCCCC2)n1C. The Bertz CT molecular complexity index is 931. The van der Waals surface area contributed by atoms with Crippen LogP contribution < -0.4 is 4.72 Å². The Labute approximate surface area is 158 Å². The van der Waals surface area contributed by atoms with Gasteiger partial charge in [0.25, 0.3) is 15.9 Å². The van der Waals surface area contributed by atoms with Crippen LogP contribution in [0.5, 0.6) is 0 Å². The van der Waals surface area contributed by atoms with Crippen LogP contribution in [0.15, 0.2) is 35.2 Å². The third-order valence-electron chi connectivity index (χ3n) is 4.72. The second-order valence-corrected chi connectivity index (χ2v) is 8.59. The lowest BCUT2D eigenvalue weighted by atomic mass is 10.1. The minimum Gasteiger partial charge on any atom is -0.343 e. The van der Waals surface area contributed by atoms with Crippen molar-refractivity contribution in [2.45, 2.75) is 31.1 Å². The quantitative estimate of drug-likeness (QED) is 0.862. The normalized spacial score (nSPS) is 15.1. The van der Waals surface area contributed by atoms with Gasteiger partial charge in [-0.2, -0.15) is 0 Å². The van der Waals surface area contributed by atoms with Crippen LogP contribution in [-0.4, -0.2) is 36.9 Å². The van der Waals surface area contributed by atoms with Gasteiger partial charge in [0.15, 0.2) is 0 Å². The van der Waals surface area contributed by atoms with Crippen LogP contribution in [0.25, 0.3) is 0 Å². The molecule has 26 heavy (non-hydrogen) atoms. The second kappa shape index (κ2) is 7.32. The van der Waals surface area contributed by atoms with E-state index in [2.05, 4.69) is 4.72 Å². The third-order valence-corrected chi connectivity index (χ3v) is 6.45. The fraction of sp³-hybridized carbons (Fsp3) is 0.389. The molecule has 8 heteroatoms. The minimum absolute atomic E-state index is 0.0975. The molecule has 1 aliphatic rings. The molecule has 2 aromatic rings. The van der Waals surface area contributed by atoms with Gasteiger partial charge in [-0.25, -0.2) is 8.42 Å². The molecule has 1 amide bonds. The summed E-state index contributed by atoms with van der Waals surface area (Å²) in [6.07, 6.45) is 3.09. The summed E-state index contributed by atoms with van der Waals surface area (Å²) in [7, 11) is -2.11. The molecule has 1 N–H and O–H groups in total. The molecule has 2 heterocycles. The summed E-state index contributed by atoms with van der Waals surface area (Å²) >= 11 is 5.92. The van der Waals surface area contributed by atoms with Gasteiger partial charge in [0.05, 0.1) is 5.69 Å². The summed E-state index contributed by atoms with van der Waals surface area (Å²) in [6, 6.07) is 7.96. The Kier molecular flexibility index (Phi) is 5.29. The highest BCUT2D eigenvalue weighted by atomic mass is 35.5. The number of halogens is 1. The van der Waals surface area contributed by atoms with Gasteiger partial charge < -0.3 is 9.47 Å². The van der Waals surface area contributed by atoms with E-state index in [0.29, 0.717) is 35.2 Å². The Morgan fingerprint density at radius 2 is 1.85 bits per heavy atom. The first-order valence-corrected chi connectivity index (χ1v) is 10.4. The van der Waals surface area contributed by atoms with Crippen molar-refractivity contribution in [1.29, 1.82) is 0 Å². The number of rotatable bonds is 4. The zero-order valence-corrected chi connectivity index (χ0v) is 16.4. The summed E-state index contributed by atoms with van der Waals surface area (Å²) in [4.78, 5) is 14.7. The van der Waals surface area contributed by atoms with Gasteiger partial charge in [-0.05, 0) is 50.5 Å². The molecule has 0 unspecified atom stereocenters. The number of hydrogen-bond acceptors (Lipinski definition) is 3. The number of sulfonamides is 1. The molecule has 0 atom stereocenters. The lowest BCUT2D eigenvalue weighted by Gasteiger charge is -2.26. The first-order valence-electron chi connectivity index (χ1n) is 8.53. The summed E-state index contributed by atoms with van der Waals surface area (Å²) in [6.45, 7) is 3.12. The van der Waals surface area contributed by atoms with Crippen LogP contribution in [0.1, 0.15) is 35.4 Å². The van der Waals surface area contributed by atoms with Gasteiger partial charge in [-0.15, -0.1) is 0 Å². The standard InChI is InChI=1S/C18H22ClN3O3S/c1-13-17(26(24,25)20-15-8-6-7-14(19)11-15)12-16(21(13)2)18(23)22-9-4-3-5-10-22/h6-8,11-12,20H,3-5,9-10H2,1-2H3. The Morgan fingerprint density at radius 3 is 2.50 bits per heavy atom. The van der Waals surface area contributed by atoms with E-state index in [4.69, 9.17) is 11.6 Å². The van der Waals surface area contributed by atoms with Crippen molar-refractivity contribution < 1.29 is 13.2 Å². The van der Waals surface area contributed by atoms with E-state index < -0.39 is 10.0 Å². The third kappa shape index (κ3) is 3.73. The van der Waals surface area contributed by atoms with Crippen molar-refractivity contribution in [3.05, 3.63) is 46.7 Å². The number of anilines is 1. The predicted molar refractivity (Wildman–Crippen MR) is 102 cm³/mol. The van der Waals surface area contributed by atoms with Gasteiger partial charge in [0.1, 0.15) is 10.6 Å². The molecule has 1 fully saturated rings. The number of amides is 1. The van der Waals surface area contributed by atoms with Crippen LogP contribution in [0.3, 0.4) is 0 Å². The Morgan fingerprint density at radius 1 is 1.15 bits per heavy atom. The zero-order valence-electron chi connectivity index (χ0n) is 14.8. The molecule has 6 nitrogen and oxygen atoms in total. The molecule has 1 aliphatic heterocycles. The first-order chi connectivity index (χ1) is 12.3. The van der Waals surface area contributed by atoms with E-state index in [-0.39, 0.29) is 10.8 Å². The van der Waals surface area contributed by atoms with E-state index in [1.165, 1.54) is 12.1 Å². The van der Waals surface area contributed by atoms with Crippen molar-refractivity contribution in [3.63, 3.8) is 0 Å². The predicted octanol–water partition coefficient (Wildman–Crippen LogP) is 3.41. The number of carbonyl (C=O) groups is 1. The van der Waals surface area contributed by atoms with E-state index in [0.717, 1.165) is 19.3 Å². The van der Waals surface area contributed by atoms with E-state index in [9.17, 15) is 13.2 Å². The second-order valence-electron chi connectivity index (χ2n) is 6.51. The molecule has 0 spiro atoms. The summed E-state index contributed by atoms with van der Waals surface area (Å²) in [5.74, 6) is -0.125. The summed E-state index contributed by atoms with van der Waals surface area (Å²) < 4.78 is 29.8. The van der Waals surface area contributed by atoms with E-state index >= 15 is 0 Å². The molecule has 0 aliphatic carbocycles. The lowest BCUT2D eigenvalue weighted by molar-refractivity contribution is 0.0714. The van der Waals surface area contributed by atoms with Crippen LogP contribution in [0.4, 0.5) is 5.69 Å². The molecular weight excluding hydrogens is 374 g/mol. The molecule has 140 valence electrons. The van der Waals surface area contributed by atoms with Crippen molar-refractivity contribution in [2.24, 2.45) is 7.05 Å². The van der Waals surface area contributed by atoms with Crippen LogP contribution in [0.2, 0.25) is 5.02 Å². The average Bonchev–Trinajstić information content (AvgIpc) is 2.91. The molecule has 0 bridgehead atoms. The Balaban J connectivity index is 1.91. The highest BCUT2D eigenvalue weighted by Crippen LogP contribution is 2.25. The van der Waals surface area contributed by atoms with Gasteiger partial charge in [-0.3, -0.25) is 9.52 Å². The van der Waals surface area contributed by atoms with Crippen LogP contribution in [-0.2, 0) is 17.1 Å². The molecular formula is C18H22ClN3O3S. The fourth-order valence-corrected chi connectivity index (χ4v) is 4.70. The molecule has 3 rings (SSSR count). The highest BCUT2D eigenvalue weighted by molar-refractivity contribution is 7.92. The largest absolute Gasteiger partial charge is 0.343 e. The van der Waals surface area contributed by atoms with Crippen molar-refractivity contribution >= 4 is 33.2 Å². The van der Waals surface area contributed by atoms with Gasteiger partial charge in [-0.1, -0.05) is 17.7 Å². The zero-order chi connectivity index (χ0) is 18.9. The molecule has 0 radical (unpaired) electrons. The van der Waals surface area contributed by atoms with Gasteiger partial charge in [0.2, 0.25) is 0 Å². The maximum Gasteiger partial charge on any atom is 0.270 e. The molecule has 1 aromatic carbocycles. The summed E-state index contributed by atoms with van der Waals surface area (Å²) in [5, 5.41) is 0.441. The number of aromatic nitrogens is 1. The molecule has 0 saturated carbocycles. The number of carbonyl (C=O) groups excluding carboxylic acids is 1. The van der Waals surface area contributed by atoms with E-state index in [1.54, 1.807) is 41.6 Å². The molecule has 1 aromatic heterocycles. The number of piperidine rings is 1. The number of benzene rings is 1. The highest BCUT2D eigenvalue weighted by Gasteiger charge is 2.27. The minimum atomic E-state index is -3.83. The smallest absolute Gasteiger partial charge is 0.270 e. The first kappa shape index (κ1) is 18.8. The number of hydrogen-bond donors (Lipinski definition) is 1. The fourth-order valence-electron chi connectivity index (χ4n) is 3.17. The number of likely N-dealkylation sites (tertiary alicyclic amines) is 1. The van der Waals surface area contributed by atoms with E-state index in [1.807, 2.05) is 0 Å².